The molecule has 0 unspecified atom stereocenters. The number of carbonyl (C=O) groups is 3. The van der Waals surface area contributed by atoms with E-state index in [0.29, 0.717) is 35.8 Å². The molecule has 0 radical (unpaired) electrons. The number of nitrogens with one attached hydrogen (secondary N) is 2. The minimum Gasteiger partial charge on any atom is -0.318 e. The Labute approximate surface area is 161 Å². The van der Waals surface area contributed by atoms with Gasteiger partial charge in [-0.2, -0.15) is 0 Å². The molecule has 138 valence electrons. The van der Waals surface area contributed by atoms with Crippen LogP contribution in [-0.4, -0.2) is 24.3 Å². The lowest BCUT2D eigenvalue weighted by Gasteiger charge is -2.25. The normalized spacial score (nSPS) is 14.7. The molecule has 0 atom stereocenters. The molecule has 0 bridgehead atoms. The summed E-state index contributed by atoms with van der Waals surface area (Å²) in [6.07, 6.45) is 1.87. The summed E-state index contributed by atoms with van der Waals surface area (Å²) in [5.41, 5.74) is 4.92. The van der Waals surface area contributed by atoms with Gasteiger partial charge in [-0.3, -0.25) is 14.4 Å². The van der Waals surface area contributed by atoms with Crippen LogP contribution < -0.4 is 15.5 Å². The summed E-state index contributed by atoms with van der Waals surface area (Å²) in [6.45, 7) is 2.50. The fourth-order valence-electron chi connectivity index (χ4n) is 3.63. The van der Waals surface area contributed by atoms with Gasteiger partial charge in [0.1, 0.15) is 0 Å². The first-order valence-corrected chi connectivity index (χ1v) is 9.15. The smallest absolute Gasteiger partial charge is 0.314 e. The Morgan fingerprint density at radius 1 is 1.00 bits per heavy atom. The number of aryl methyl sites for hydroxylation is 2. The third kappa shape index (κ3) is 3.28. The van der Waals surface area contributed by atoms with Crippen LogP contribution in [0, 0.1) is 6.92 Å². The molecule has 2 aliphatic heterocycles. The monoisotopic (exact) mass is 383 g/mol. The van der Waals surface area contributed by atoms with Crippen molar-refractivity contribution in [3.8, 4) is 0 Å². The molecule has 0 saturated carbocycles. The van der Waals surface area contributed by atoms with Crippen molar-refractivity contribution in [2.45, 2.75) is 26.2 Å². The molecule has 27 heavy (non-hydrogen) atoms. The summed E-state index contributed by atoms with van der Waals surface area (Å²) in [7, 11) is 0. The number of hydrogen-bond donors (Lipinski definition) is 2. The van der Waals surface area contributed by atoms with Crippen LogP contribution in [0.5, 0.6) is 0 Å². The van der Waals surface area contributed by atoms with Gasteiger partial charge >= 0.3 is 11.8 Å². The van der Waals surface area contributed by atoms with E-state index in [9.17, 15) is 14.4 Å². The predicted molar refractivity (Wildman–Crippen MR) is 104 cm³/mol. The summed E-state index contributed by atoms with van der Waals surface area (Å²) in [4.78, 5) is 38.4. The highest BCUT2D eigenvalue weighted by Crippen LogP contribution is 2.38. The molecule has 6 nitrogen and oxygen atoms in total. The number of rotatable bonds is 2. The first-order chi connectivity index (χ1) is 12.9. The van der Waals surface area contributed by atoms with E-state index in [2.05, 4.69) is 10.6 Å². The van der Waals surface area contributed by atoms with E-state index < -0.39 is 11.8 Å². The van der Waals surface area contributed by atoms with Crippen LogP contribution in [0.3, 0.4) is 0 Å². The predicted octanol–water partition coefficient (Wildman–Crippen LogP) is 3.06. The van der Waals surface area contributed by atoms with Crippen LogP contribution in [0.4, 0.5) is 17.1 Å². The molecule has 2 N–H and O–H groups in total. The fraction of sp³-hybridized carbons (Fsp3) is 0.250. The minimum absolute atomic E-state index is 0.148. The lowest BCUT2D eigenvalue weighted by atomic mass is 9.98. The van der Waals surface area contributed by atoms with Gasteiger partial charge in [-0.15, -0.1) is 0 Å². The molecule has 4 rings (SSSR count). The van der Waals surface area contributed by atoms with Crippen molar-refractivity contribution in [3.63, 3.8) is 0 Å². The van der Waals surface area contributed by atoms with Gasteiger partial charge in [0.05, 0.1) is 5.69 Å². The summed E-state index contributed by atoms with van der Waals surface area (Å²) in [5.74, 6) is -1.36. The Kier molecular flexibility index (Phi) is 4.36. The average Bonchev–Trinajstić information content (AvgIpc) is 3.06. The zero-order valence-corrected chi connectivity index (χ0v) is 15.5. The van der Waals surface area contributed by atoms with Crippen LogP contribution in [0.25, 0.3) is 0 Å². The molecule has 2 aromatic rings. The second-order valence-corrected chi connectivity index (χ2v) is 7.24. The van der Waals surface area contributed by atoms with Crippen molar-refractivity contribution >= 4 is 46.4 Å². The molecule has 2 heterocycles. The van der Waals surface area contributed by atoms with Gasteiger partial charge < -0.3 is 15.5 Å². The van der Waals surface area contributed by atoms with Crippen LogP contribution >= 0.6 is 11.6 Å². The highest BCUT2D eigenvalue weighted by atomic mass is 35.5. The Bertz CT molecular complexity index is 987. The molecule has 0 spiro atoms. The number of anilines is 3. The Morgan fingerprint density at radius 2 is 1.70 bits per heavy atom. The number of hydrogen-bond acceptors (Lipinski definition) is 3. The maximum Gasteiger partial charge on any atom is 0.314 e. The van der Waals surface area contributed by atoms with Crippen molar-refractivity contribution in [3.05, 3.63) is 52.0 Å². The van der Waals surface area contributed by atoms with Crippen molar-refractivity contribution in [1.82, 2.24) is 0 Å². The summed E-state index contributed by atoms with van der Waals surface area (Å²) in [6, 6.07) is 8.78. The van der Waals surface area contributed by atoms with E-state index in [0.717, 1.165) is 28.8 Å². The van der Waals surface area contributed by atoms with E-state index in [1.54, 1.807) is 18.2 Å². The van der Waals surface area contributed by atoms with Gasteiger partial charge in [-0.05, 0) is 60.7 Å². The Balaban J connectivity index is 1.51. The van der Waals surface area contributed by atoms with Crippen LogP contribution in [-0.2, 0) is 27.2 Å². The maximum atomic E-state index is 12.3. The van der Waals surface area contributed by atoms with E-state index in [4.69, 9.17) is 11.6 Å². The van der Waals surface area contributed by atoms with Gasteiger partial charge in [0, 0.05) is 29.4 Å². The van der Waals surface area contributed by atoms with Crippen molar-refractivity contribution < 1.29 is 14.4 Å². The first kappa shape index (κ1) is 17.5. The number of benzene rings is 2. The SMILES string of the molecule is Cc1ccc(Cl)cc1NC(=O)C(=O)Nc1cc2c3c(c1)CCN3C(=O)CC2. The second kappa shape index (κ2) is 6.70. The third-order valence-electron chi connectivity index (χ3n) is 4.96. The molecule has 0 aliphatic carbocycles. The van der Waals surface area contributed by atoms with Gasteiger partial charge in [-0.25, -0.2) is 0 Å². The van der Waals surface area contributed by atoms with E-state index >= 15 is 0 Å². The first-order valence-electron chi connectivity index (χ1n) is 8.77. The quantitative estimate of drug-likeness (QED) is 0.782. The summed E-state index contributed by atoms with van der Waals surface area (Å²) >= 11 is 5.94. The molecular formula is C20H18ClN3O3. The minimum atomic E-state index is -0.758. The van der Waals surface area contributed by atoms with Crippen LogP contribution in [0.1, 0.15) is 23.1 Å². The van der Waals surface area contributed by atoms with Gasteiger partial charge in [0.15, 0.2) is 0 Å². The largest absolute Gasteiger partial charge is 0.318 e. The molecule has 0 saturated heterocycles. The highest BCUT2D eigenvalue weighted by molar-refractivity contribution is 6.44. The van der Waals surface area contributed by atoms with Crippen molar-refractivity contribution in [2.24, 2.45) is 0 Å². The highest BCUT2D eigenvalue weighted by Gasteiger charge is 2.31. The van der Waals surface area contributed by atoms with Gasteiger partial charge in [-0.1, -0.05) is 17.7 Å². The fourth-order valence-corrected chi connectivity index (χ4v) is 3.80. The third-order valence-corrected chi connectivity index (χ3v) is 5.20. The lowest BCUT2D eigenvalue weighted by Crippen LogP contribution is -2.33. The van der Waals surface area contributed by atoms with Crippen molar-refractivity contribution in [1.29, 1.82) is 0 Å². The Morgan fingerprint density at radius 3 is 2.48 bits per heavy atom. The van der Waals surface area contributed by atoms with E-state index in [1.807, 2.05) is 24.0 Å². The molecule has 3 amide bonds. The van der Waals surface area contributed by atoms with Gasteiger partial charge in [0.25, 0.3) is 0 Å². The molecule has 7 heteroatoms. The van der Waals surface area contributed by atoms with Crippen molar-refractivity contribution in [2.75, 3.05) is 22.1 Å². The maximum absolute atomic E-state index is 12.3. The second-order valence-electron chi connectivity index (χ2n) is 6.81. The summed E-state index contributed by atoms with van der Waals surface area (Å²) in [5, 5.41) is 5.73. The molecule has 2 aromatic carbocycles. The number of carbonyl (C=O) groups excluding carboxylic acids is 3. The van der Waals surface area contributed by atoms with E-state index in [1.165, 1.54) is 0 Å². The summed E-state index contributed by atoms with van der Waals surface area (Å²) < 4.78 is 0. The molecule has 0 fully saturated rings. The number of nitrogens with zero attached hydrogens (tertiary/aromatic N) is 1. The topological polar surface area (TPSA) is 78.5 Å². The zero-order chi connectivity index (χ0) is 19.1. The lowest BCUT2D eigenvalue weighted by molar-refractivity contribution is -0.133. The molecule has 2 aliphatic rings. The van der Waals surface area contributed by atoms with Crippen LogP contribution in [0.2, 0.25) is 5.02 Å². The zero-order valence-electron chi connectivity index (χ0n) is 14.8. The van der Waals surface area contributed by atoms with Crippen LogP contribution in [0.15, 0.2) is 30.3 Å². The standard InChI is InChI=1S/C20H18ClN3O3/c1-11-2-4-14(21)10-16(11)23-20(27)19(26)22-15-8-12-3-5-17(25)24-7-6-13(9-15)18(12)24/h2,4,8-10H,3,5-7H2,1H3,(H,22,26)(H,23,27). The number of halogens is 1. The average molecular weight is 384 g/mol. The number of amides is 3. The van der Waals surface area contributed by atoms with Gasteiger partial charge in [0.2, 0.25) is 5.91 Å². The molecule has 0 aromatic heterocycles. The van der Waals surface area contributed by atoms with E-state index in [-0.39, 0.29) is 5.91 Å². The molecular weight excluding hydrogens is 366 g/mol. The Hall–Kier alpha value is -2.86.